The summed E-state index contributed by atoms with van der Waals surface area (Å²) in [6.45, 7) is 3.58. The molecule has 0 radical (unpaired) electrons. The molecule has 1 amide bonds. The van der Waals surface area contributed by atoms with E-state index in [-0.39, 0.29) is 12.3 Å². The number of benzene rings is 2. The van der Waals surface area contributed by atoms with Crippen molar-refractivity contribution < 1.29 is 14.3 Å². The molecular weight excluding hydrogens is 360 g/mol. The summed E-state index contributed by atoms with van der Waals surface area (Å²) in [4.78, 5) is 28.7. The summed E-state index contributed by atoms with van der Waals surface area (Å²) >= 11 is 1.48. The van der Waals surface area contributed by atoms with Crippen molar-refractivity contribution in [3.8, 4) is 10.6 Å². The molecule has 3 aromatic rings. The Balaban J connectivity index is 1.54. The van der Waals surface area contributed by atoms with E-state index in [9.17, 15) is 9.59 Å². The summed E-state index contributed by atoms with van der Waals surface area (Å²) in [5, 5.41) is 5.40. The number of amides is 1. The number of aryl methyl sites for hydroxylation is 1. The molecule has 1 N–H and O–H groups in total. The minimum Gasteiger partial charge on any atom is -0.452 e. The molecule has 6 heteroatoms. The number of hydrogen-bond donors (Lipinski definition) is 1. The van der Waals surface area contributed by atoms with E-state index in [1.165, 1.54) is 16.9 Å². The molecule has 5 nitrogen and oxygen atoms in total. The topological polar surface area (TPSA) is 68.3 Å². The van der Waals surface area contributed by atoms with Gasteiger partial charge in [0, 0.05) is 16.6 Å². The van der Waals surface area contributed by atoms with Crippen LogP contribution < -0.4 is 5.32 Å². The number of anilines is 1. The molecule has 0 unspecified atom stereocenters. The fourth-order valence-corrected chi connectivity index (χ4v) is 3.25. The molecule has 0 fully saturated rings. The zero-order valence-corrected chi connectivity index (χ0v) is 16.0. The van der Waals surface area contributed by atoms with Gasteiger partial charge in [-0.25, -0.2) is 4.98 Å². The molecule has 0 aliphatic rings. The Morgan fingerprint density at radius 1 is 1.11 bits per heavy atom. The van der Waals surface area contributed by atoms with Gasteiger partial charge in [-0.1, -0.05) is 48.0 Å². The Labute approximate surface area is 162 Å². The zero-order valence-electron chi connectivity index (χ0n) is 15.1. The molecule has 2 aromatic carbocycles. The molecular formula is C21H20N2O3S. The normalized spacial score (nSPS) is 11.6. The lowest BCUT2D eigenvalue weighted by Gasteiger charge is -2.13. The van der Waals surface area contributed by atoms with Gasteiger partial charge in [-0.15, -0.1) is 11.3 Å². The first-order valence-electron chi connectivity index (χ1n) is 8.58. The van der Waals surface area contributed by atoms with Gasteiger partial charge in [0.2, 0.25) is 0 Å². The standard InChI is InChI=1S/C21H20N2O3S/c1-14-8-10-16(11-9-14)21-23-18(13-27-21)12-19(24)26-15(2)20(25)22-17-6-4-3-5-7-17/h3-11,13,15H,12H2,1-2H3,(H,22,25)/t15-/m1/s1. The van der Waals surface area contributed by atoms with E-state index in [1.807, 2.05) is 54.8 Å². The summed E-state index contributed by atoms with van der Waals surface area (Å²) in [6.07, 6.45) is -0.849. The molecule has 1 heterocycles. The SMILES string of the molecule is Cc1ccc(-c2nc(CC(=O)O[C@H](C)C(=O)Nc3ccccc3)cs2)cc1. The smallest absolute Gasteiger partial charge is 0.312 e. The lowest BCUT2D eigenvalue weighted by atomic mass is 10.2. The maximum absolute atomic E-state index is 12.1. The van der Waals surface area contributed by atoms with Gasteiger partial charge in [0.1, 0.15) is 5.01 Å². The Bertz CT molecular complexity index is 920. The predicted molar refractivity (Wildman–Crippen MR) is 107 cm³/mol. The van der Waals surface area contributed by atoms with E-state index in [0.717, 1.165) is 10.6 Å². The summed E-state index contributed by atoms with van der Waals surface area (Å²) in [6, 6.07) is 17.1. The van der Waals surface area contributed by atoms with Crippen LogP contribution in [-0.2, 0) is 20.7 Å². The molecule has 1 aromatic heterocycles. The number of ether oxygens (including phenoxy) is 1. The minimum absolute atomic E-state index is 0.0331. The van der Waals surface area contributed by atoms with Crippen LogP contribution in [0.3, 0.4) is 0 Å². The first-order valence-corrected chi connectivity index (χ1v) is 9.46. The Morgan fingerprint density at radius 3 is 2.52 bits per heavy atom. The monoisotopic (exact) mass is 380 g/mol. The second kappa shape index (κ2) is 8.60. The average molecular weight is 380 g/mol. The van der Waals surface area contributed by atoms with Gasteiger partial charge < -0.3 is 10.1 Å². The first-order chi connectivity index (χ1) is 13.0. The molecule has 0 saturated heterocycles. The van der Waals surface area contributed by atoms with Crippen LogP contribution >= 0.6 is 11.3 Å². The number of esters is 1. The van der Waals surface area contributed by atoms with Crippen LogP contribution in [0, 0.1) is 6.92 Å². The number of hydrogen-bond acceptors (Lipinski definition) is 5. The summed E-state index contributed by atoms with van der Waals surface area (Å²) in [5.41, 5.74) is 3.49. The lowest BCUT2D eigenvalue weighted by Crippen LogP contribution is -2.30. The number of nitrogens with zero attached hydrogens (tertiary/aromatic N) is 1. The number of carbonyl (C=O) groups excluding carboxylic acids is 2. The second-order valence-corrected chi connectivity index (χ2v) is 7.03. The van der Waals surface area contributed by atoms with E-state index >= 15 is 0 Å². The fourth-order valence-electron chi connectivity index (χ4n) is 2.42. The highest BCUT2D eigenvalue weighted by Crippen LogP contribution is 2.24. The number of rotatable bonds is 6. The maximum Gasteiger partial charge on any atom is 0.312 e. The minimum atomic E-state index is -0.882. The van der Waals surface area contributed by atoms with Gasteiger partial charge in [-0.3, -0.25) is 9.59 Å². The van der Waals surface area contributed by atoms with E-state index < -0.39 is 12.1 Å². The Kier molecular flexibility index (Phi) is 5.98. The quantitative estimate of drug-likeness (QED) is 0.650. The van der Waals surface area contributed by atoms with E-state index in [0.29, 0.717) is 11.4 Å². The third-order valence-electron chi connectivity index (χ3n) is 3.89. The van der Waals surface area contributed by atoms with Crippen molar-refractivity contribution in [2.75, 3.05) is 5.32 Å². The molecule has 0 aliphatic heterocycles. The van der Waals surface area contributed by atoms with E-state index in [1.54, 1.807) is 19.1 Å². The van der Waals surface area contributed by atoms with Crippen molar-refractivity contribution in [3.63, 3.8) is 0 Å². The number of nitrogens with one attached hydrogen (secondary N) is 1. The van der Waals surface area contributed by atoms with Crippen molar-refractivity contribution in [2.45, 2.75) is 26.4 Å². The highest BCUT2D eigenvalue weighted by molar-refractivity contribution is 7.13. The molecule has 3 rings (SSSR count). The summed E-state index contributed by atoms with van der Waals surface area (Å²) in [5.74, 6) is -0.848. The van der Waals surface area contributed by atoms with Crippen LogP contribution in [-0.4, -0.2) is 23.0 Å². The molecule has 0 saturated carbocycles. The maximum atomic E-state index is 12.1. The van der Waals surface area contributed by atoms with Crippen molar-refractivity contribution >= 4 is 28.9 Å². The van der Waals surface area contributed by atoms with E-state index in [4.69, 9.17) is 4.74 Å². The molecule has 0 aliphatic carbocycles. The van der Waals surface area contributed by atoms with Crippen molar-refractivity contribution in [1.82, 2.24) is 4.98 Å². The molecule has 27 heavy (non-hydrogen) atoms. The van der Waals surface area contributed by atoms with Gasteiger partial charge >= 0.3 is 5.97 Å². The molecule has 138 valence electrons. The van der Waals surface area contributed by atoms with Crippen LogP contribution in [0.15, 0.2) is 60.0 Å². The number of carbonyl (C=O) groups is 2. The van der Waals surface area contributed by atoms with Gasteiger partial charge in [0.25, 0.3) is 5.91 Å². The molecule has 1 atom stereocenters. The lowest BCUT2D eigenvalue weighted by molar-refractivity contribution is -0.152. The van der Waals surface area contributed by atoms with Crippen LogP contribution in [0.1, 0.15) is 18.2 Å². The van der Waals surface area contributed by atoms with Crippen LogP contribution in [0.2, 0.25) is 0 Å². The van der Waals surface area contributed by atoms with Gasteiger partial charge in [-0.05, 0) is 26.0 Å². The van der Waals surface area contributed by atoms with E-state index in [2.05, 4.69) is 10.3 Å². The highest BCUT2D eigenvalue weighted by atomic mass is 32.1. The summed E-state index contributed by atoms with van der Waals surface area (Å²) < 4.78 is 5.23. The fraction of sp³-hybridized carbons (Fsp3) is 0.190. The Hall–Kier alpha value is -2.99. The third kappa shape index (κ3) is 5.24. The zero-order chi connectivity index (χ0) is 19.2. The van der Waals surface area contributed by atoms with Crippen LogP contribution in [0.25, 0.3) is 10.6 Å². The third-order valence-corrected chi connectivity index (χ3v) is 4.83. The number of aromatic nitrogens is 1. The summed E-state index contributed by atoms with van der Waals surface area (Å²) in [7, 11) is 0. The van der Waals surface area contributed by atoms with Crippen molar-refractivity contribution in [1.29, 1.82) is 0 Å². The second-order valence-electron chi connectivity index (χ2n) is 6.17. The number of thiazole rings is 1. The van der Waals surface area contributed by atoms with Crippen molar-refractivity contribution in [2.24, 2.45) is 0 Å². The predicted octanol–water partition coefficient (Wildman–Crippen LogP) is 4.23. The first kappa shape index (κ1) is 18.8. The Morgan fingerprint density at radius 2 is 1.81 bits per heavy atom. The van der Waals surface area contributed by atoms with Crippen molar-refractivity contribution in [3.05, 3.63) is 71.2 Å². The highest BCUT2D eigenvalue weighted by Gasteiger charge is 2.19. The van der Waals surface area contributed by atoms with Crippen LogP contribution in [0.4, 0.5) is 5.69 Å². The largest absolute Gasteiger partial charge is 0.452 e. The van der Waals surface area contributed by atoms with Gasteiger partial charge in [0.15, 0.2) is 6.10 Å². The average Bonchev–Trinajstić information content (AvgIpc) is 3.11. The molecule has 0 bridgehead atoms. The van der Waals surface area contributed by atoms with Gasteiger partial charge in [0.05, 0.1) is 12.1 Å². The van der Waals surface area contributed by atoms with Crippen LogP contribution in [0.5, 0.6) is 0 Å². The molecule has 0 spiro atoms. The van der Waals surface area contributed by atoms with Gasteiger partial charge in [-0.2, -0.15) is 0 Å². The number of para-hydroxylation sites is 1.